The Morgan fingerprint density at radius 2 is 2.00 bits per heavy atom. The molecule has 110 valence electrons. The Morgan fingerprint density at radius 1 is 1.15 bits per heavy atom. The largest absolute Gasteiger partial charge is 0.454 e. The molecule has 1 fully saturated rings. The molecule has 1 aromatic carbocycles. The zero-order chi connectivity index (χ0) is 13.8. The molecule has 2 aliphatic rings. The lowest BCUT2D eigenvalue weighted by Crippen LogP contribution is -2.38. The van der Waals surface area contributed by atoms with Crippen molar-refractivity contribution in [1.29, 1.82) is 0 Å². The highest BCUT2D eigenvalue weighted by molar-refractivity contribution is 5.48. The third kappa shape index (κ3) is 2.91. The van der Waals surface area contributed by atoms with Gasteiger partial charge in [0, 0.05) is 24.7 Å². The van der Waals surface area contributed by atoms with Crippen molar-refractivity contribution >= 4 is 0 Å². The van der Waals surface area contributed by atoms with E-state index in [4.69, 9.17) is 9.47 Å². The molecule has 4 nitrogen and oxygen atoms in total. The van der Waals surface area contributed by atoms with Crippen LogP contribution in [0, 0.1) is 0 Å². The second-order valence-corrected chi connectivity index (χ2v) is 5.64. The Bertz CT molecular complexity index is 443. The van der Waals surface area contributed by atoms with Gasteiger partial charge in [0.2, 0.25) is 6.79 Å². The van der Waals surface area contributed by atoms with E-state index in [1.54, 1.807) is 0 Å². The highest BCUT2D eigenvalue weighted by Gasteiger charge is 2.24. The number of nitrogens with zero attached hydrogens (tertiary/aromatic N) is 1. The molecule has 1 aromatic rings. The van der Waals surface area contributed by atoms with E-state index in [9.17, 15) is 5.11 Å². The fourth-order valence-corrected chi connectivity index (χ4v) is 3.30. The van der Waals surface area contributed by atoms with Crippen LogP contribution in [0.4, 0.5) is 0 Å². The Kier molecular flexibility index (Phi) is 4.43. The number of fused-ring (bicyclic) bond motifs is 1. The molecule has 0 aromatic heterocycles. The van der Waals surface area contributed by atoms with Crippen molar-refractivity contribution in [3.05, 3.63) is 23.8 Å². The fourth-order valence-electron chi connectivity index (χ4n) is 3.30. The molecule has 0 unspecified atom stereocenters. The molecule has 1 N–H and O–H groups in total. The summed E-state index contributed by atoms with van der Waals surface area (Å²) in [6.45, 7) is 2.09. The van der Waals surface area contributed by atoms with E-state index in [0.717, 1.165) is 24.6 Å². The molecule has 1 aliphatic carbocycles. The molecule has 0 spiro atoms. The van der Waals surface area contributed by atoms with Crippen LogP contribution >= 0.6 is 0 Å². The molecule has 0 bridgehead atoms. The van der Waals surface area contributed by atoms with Gasteiger partial charge in [-0.2, -0.15) is 0 Å². The van der Waals surface area contributed by atoms with Crippen molar-refractivity contribution < 1.29 is 14.6 Å². The van der Waals surface area contributed by atoms with Gasteiger partial charge in [-0.05, 0) is 18.9 Å². The zero-order valence-corrected chi connectivity index (χ0v) is 11.9. The summed E-state index contributed by atoms with van der Waals surface area (Å²) in [4.78, 5) is 2.40. The number of para-hydroxylation sites is 1. The number of aliphatic hydroxyl groups excluding tert-OH is 1. The molecule has 0 atom stereocenters. The van der Waals surface area contributed by atoms with Gasteiger partial charge in [-0.3, -0.25) is 4.90 Å². The van der Waals surface area contributed by atoms with Gasteiger partial charge in [-0.25, -0.2) is 0 Å². The van der Waals surface area contributed by atoms with E-state index in [2.05, 4.69) is 11.0 Å². The predicted molar refractivity (Wildman–Crippen MR) is 76.9 cm³/mol. The zero-order valence-electron chi connectivity index (χ0n) is 11.9. The number of benzene rings is 1. The van der Waals surface area contributed by atoms with Gasteiger partial charge in [0.25, 0.3) is 0 Å². The maximum absolute atomic E-state index is 9.34. The topological polar surface area (TPSA) is 41.9 Å². The second kappa shape index (κ2) is 6.46. The molecule has 1 saturated carbocycles. The SMILES string of the molecule is OCCN(Cc1cccc2c1OCO2)C1CCCCC1. The van der Waals surface area contributed by atoms with Gasteiger partial charge < -0.3 is 14.6 Å². The average Bonchev–Trinajstić information content (AvgIpc) is 2.97. The first-order chi connectivity index (χ1) is 9.88. The lowest BCUT2D eigenvalue weighted by Gasteiger charge is -2.34. The van der Waals surface area contributed by atoms with E-state index in [1.807, 2.05) is 12.1 Å². The smallest absolute Gasteiger partial charge is 0.231 e. The molecular weight excluding hydrogens is 254 g/mol. The maximum Gasteiger partial charge on any atom is 0.231 e. The van der Waals surface area contributed by atoms with Crippen LogP contribution in [-0.4, -0.2) is 36.0 Å². The van der Waals surface area contributed by atoms with Crippen LogP contribution in [0.3, 0.4) is 0 Å². The number of hydrogen-bond donors (Lipinski definition) is 1. The van der Waals surface area contributed by atoms with Crippen LogP contribution in [0.2, 0.25) is 0 Å². The van der Waals surface area contributed by atoms with Crippen molar-refractivity contribution in [2.75, 3.05) is 19.9 Å². The second-order valence-electron chi connectivity index (χ2n) is 5.64. The van der Waals surface area contributed by atoms with Gasteiger partial charge in [-0.15, -0.1) is 0 Å². The van der Waals surface area contributed by atoms with Crippen LogP contribution in [-0.2, 0) is 6.54 Å². The standard InChI is InChI=1S/C16H23NO3/c18-10-9-17(14-6-2-1-3-7-14)11-13-5-4-8-15-16(13)20-12-19-15/h4-5,8,14,18H,1-3,6-7,9-12H2. The molecule has 0 amide bonds. The normalized spacial score (nSPS) is 18.7. The van der Waals surface area contributed by atoms with Crippen LogP contribution in [0.15, 0.2) is 18.2 Å². The summed E-state index contributed by atoms with van der Waals surface area (Å²) in [5.74, 6) is 1.72. The molecule has 3 rings (SSSR count). The fraction of sp³-hybridized carbons (Fsp3) is 0.625. The van der Waals surface area contributed by atoms with E-state index in [1.165, 1.54) is 37.7 Å². The predicted octanol–water partition coefficient (Wildman–Crippen LogP) is 2.54. The third-order valence-corrected chi connectivity index (χ3v) is 4.33. The van der Waals surface area contributed by atoms with Crippen molar-refractivity contribution in [2.24, 2.45) is 0 Å². The summed E-state index contributed by atoms with van der Waals surface area (Å²) in [7, 11) is 0. The first-order valence-corrected chi connectivity index (χ1v) is 7.61. The molecule has 20 heavy (non-hydrogen) atoms. The first kappa shape index (κ1) is 13.7. The Balaban J connectivity index is 1.74. The van der Waals surface area contributed by atoms with E-state index in [-0.39, 0.29) is 6.61 Å². The highest BCUT2D eigenvalue weighted by atomic mass is 16.7. The lowest BCUT2D eigenvalue weighted by atomic mass is 9.93. The van der Waals surface area contributed by atoms with Gasteiger partial charge in [0.15, 0.2) is 11.5 Å². The van der Waals surface area contributed by atoms with Crippen LogP contribution < -0.4 is 9.47 Å². The van der Waals surface area contributed by atoms with Crippen molar-refractivity contribution in [2.45, 2.75) is 44.7 Å². The Hall–Kier alpha value is -1.26. The Labute approximate surface area is 120 Å². The number of rotatable bonds is 5. The lowest BCUT2D eigenvalue weighted by molar-refractivity contribution is 0.115. The molecule has 0 radical (unpaired) electrons. The highest BCUT2D eigenvalue weighted by Crippen LogP contribution is 2.36. The monoisotopic (exact) mass is 277 g/mol. The first-order valence-electron chi connectivity index (χ1n) is 7.61. The third-order valence-electron chi connectivity index (χ3n) is 4.33. The summed E-state index contributed by atoms with van der Waals surface area (Å²) in [5, 5.41) is 9.34. The minimum Gasteiger partial charge on any atom is -0.454 e. The summed E-state index contributed by atoms with van der Waals surface area (Å²) < 4.78 is 11.0. The van der Waals surface area contributed by atoms with Crippen LogP contribution in [0.25, 0.3) is 0 Å². The van der Waals surface area contributed by atoms with Crippen LogP contribution in [0.1, 0.15) is 37.7 Å². The van der Waals surface area contributed by atoms with E-state index >= 15 is 0 Å². The van der Waals surface area contributed by atoms with Crippen molar-refractivity contribution in [3.63, 3.8) is 0 Å². The van der Waals surface area contributed by atoms with E-state index < -0.39 is 0 Å². The van der Waals surface area contributed by atoms with Gasteiger partial charge in [0.05, 0.1) is 6.61 Å². The van der Waals surface area contributed by atoms with Crippen molar-refractivity contribution in [1.82, 2.24) is 4.90 Å². The summed E-state index contributed by atoms with van der Waals surface area (Å²) in [5.41, 5.74) is 1.17. The van der Waals surface area contributed by atoms with Gasteiger partial charge >= 0.3 is 0 Å². The Morgan fingerprint density at radius 3 is 2.80 bits per heavy atom. The van der Waals surface area contributed by atoms with Crippen LogP contribution in [0.5, 0.6) is 11.5 Å². The summed E-state index contributed by atoms with van der Waals surface area (Å²) in [6.07, 6.45) is 6.44. The minimum absolute atomic E-state index is 0.211. The number of aliphatic hydroxyl groups is 1. The molecule has 4 heteroatoms. The molecule has 1 aliphatic heterocycles. The molecule has 1 heterocycles. The molecule has 0 saturated heterocycles. The van der Waals surface area contributed by atoms with Gasteiger partial charge in [-0.1, -0.05) is 31.4 Å². The van der Waals surface area contributed by atoms with Gasteiger partial charge in [0.1, 0.15) is 0 Å². The maximum atomic E-state index is 9.34. The summed E-state index contributed by atoms with van der Waals surface area (Å²) in [6, 6.07) is 6.65. The number of ether oxygens (including phenoxy) is 2. The quantitative estimate of drug-likeness (QED) is 0.898. The average molecular weight is 277 g/mol. The summed E-state index contributed by atoms with van der Waals surface area (Å²) >= 11 is 0. The van der Waals surface area contributed by atoms with E-state index in [0.29, 0.717) is 12.8 Å². The molecular formula is C16H23NO3. The minimum atomic E-state index is 0.211. The number of hydrogen-bond acceptors (Lipinski definition) is 4. The van der Waals surface area contributed by atoms with Crippen molar-refractivity contribution in [3.8, 4) is 11.5 Å².